The number of esters is 1. The number of rotatable bonds is 7. The third kappa shape index (κ3) is 6.02. The number of carbonyl (C=O) groups excluding carboxylic acids is 2. The number of thioether (sulfide) groups is 1. The van der Waals surface area contributed by atoms with Gasteiger partial charge in [-0.2, -0.15) is 24.9 Å². The van der Waals surface area contributed by atoms with Gasteiger partial charge in [0, 0.05) is 25.2 Å². The van der Waals surface area contributed by atoms with E-state index >= 15 is 0 Å². The Bertz CT molecular complexity index is 662. The number of piperidine rings is 1. The molecule has 1 aliphatic heterocycles. The van der Waals surface area contributed by atoms with Crippen molar-refractivity contribution < 1.29 is 27.5 Å². The second kappa shape index (κ2) is 9.99. The number of carbonyl (C=O) groups is 2. The monoisotopic (exact) mass is 419 g/mol. The maximum atomic E-state index is 12.6. The number of nitrogens with zero attached hydrogens (tertiary/aromatic N) is 2. The van der Waals surface area contributed by atoms with E-state index in [1.54, 1.807) is 11.8 Å². The van der Waals surface area contributed by atoms with Crippen molar-refractivity contribution in [1.82, 2.24) is 10.3 Å². The van der Waals surface area contributed by atoms with Gasteiger partial charge >= 0.3 is 12.1 Å². The zero-order chi connectivity index (χ0) is 20.7. The van der Waals surface area contributed by atoms with Gasteiger partial charge in [0.25, 0.3) is 0 Å². The van der Waals surface area contributed by atoms with Gasteiger partial charge in [-0.1, -0.05) is 0 Å². The Morgan fingerprint density at radius 2 is 2.04 bits per heavy atom. The average Bonchev–Trinajstić information content (AvgIpc) is 2.70. The number of halogens is 3. The fraction of sp³-hybridized carbons (Fsp3) is 0.611. The Balaban J connectivity index is 1.90. The van der Waals surface area contributed by atoms with Crippen molar-refractivity contribution in [2.75, 3.05) is 37.1 Å². The Morgan fingerprint density at radius 3 is 2.54 bits per heavy atom. The second-order valence-corrected chi connectivity index (χ2v) is 7.52. The lowest BCUT2D eigenvalue weighted by Gasteiger charge is -2.32. The molecular formula is C18H24F3N3O3S. The third-order valence-corrected chi connectivity index (χ3v) is 5.32. The van der Waals surface area contributed by atoms with E-state index in [4.69, 9.17) is 4.74 Å². The predicted octanol–water partition coefficient (Wildman–Crippen LogP) is 2.73. The number of hydrogen-bond acceptors (Lipinski definition) is 6. The molecule has 1 amide bonds. The fourth-order valence-corrected chi connectivity index (χ4v) is 3.50. The summed E-state index contributed by atoms with van der Waals surface area (Å²) in [4.78, 5) is 30.1. The maximum absolute atomic E-state index is 12.6. The first-order chi connectivity index (χ1) is 13.3. The highest BCUT2D eigenvalue weighted by molar-refractivity contribution is 7.98. The molecule has 2 heterocycles. The summed E-state index contributed by atoms with van der Waals surface area (Å²) in [5.74, 6) is 0.259. The smallest absolute Gasteiger partial charge is 0.417 e. The van der Waals surface area contributed by atoms with Crippen LogP contribution in [0.25, 0.3) is 0 Å². The first kappa shape index (κ1) is 22.3. The van der Waals surface area contributed by atoms with Crippen LogP contribution in [0.15, 0.2) is 18.3 Å². The minimum Gasteiger partial charge on any atom is -0.467 e. The van der Waals surface area contributed by atoms with Gasteiger partial charge in [0.1, 0.15) is 11.9 Å². The lowest BCUT2D eigenvalue weighted by molar-refractivity contribution is -0.145. The van der Waals surface area contributed by atoms with Crippen LogP contribution in [0, 0.1) is 5.92 Å². The van der Waals surface area contributed by atoms with E-state index in [0.717, 1.165) is 18.0 Å². The molecule has 1 aromatic heterocycles. The van der Waals surface area contributed by atoms with Crippen LogP contribution in [0.1, 0.15) is 24.8 Å². The van der Waals surface area contributed by atoms with Crippen molar-refractivity contribution >= 4 is 29.5 Å². The van der Waals surface area contributed by atoms with Crippen LogP contribution < -0.4 is 10.2 Å². The van der Waals surface area contributed by atoms with Crippen LogP contribution in [0.2, 0.25) is 0 Å². The van der Waals surface area contributed by atoms with E-state index in [1.807, 2.05) is 11.2 Å². The molecular weight excluding hydrogens is 395 g/mol. The fourth-order valence-electron chi connectivity index (χ4n) is 3.03. The van der Waals surface area contributed by atoms with Gasteiger partial charge in [-0.05, 0) is 43.4 Å². The average molecular weight is 419 g/mol. The molecule has 1 fully saturated rings. The van der Waals surface area contributed by atoms with Crippen molar-refractivity contribution in [2.24, 2.45) is 5.92 Å². The molecule has 10 heteroatoms. The zero-order valence-electron chi connectivity index (χ0n) is 15.8. The first-order valence-corrected chi connectivity index (χ1v) is 10.3. The van der Waals surface area contributed by atoms with Gasteiger partial charge in [0.15, 0.2) is 0 Å². The molecule has 156 valence electrons. The first-order valence-electron chi connectivity index (χ1n) is 8.91. The zero-order valence-corrected chi connectivity index (χ0v) is 16.6. The molecule has 0 bridgehead atoms. The Morgan fingerprint density at radius 1 is 1.36 bits per heavy atom. The minimum absolute atomic E-state index is 0.198. The highest BCUT2D eigenvalue weighted by Gasteiger charge is 2.32. The van der Waals surface area contributed by atoms with E-state index in [2.05, 4.69) is 10.3 Å². The van der Waals surface area contributed by atoms with Gasteiger partial charge in [-0.15, -0.1) is 0 Å². The maximum Gasteiger partial charge on any atom is 0.417 e. The SMILES string of the molecule is COC(=O)[C@@H](CCSC)NC(=O)C1CCN(c2ccc(C(F)(F)F)cn2)CC1. The van der Waals surface area contributed by atoms with Gasteiger partial charge in [-0.3, -0.25) is 4.79 Å². The van der Waals surface area contributed by atoms with Crippen LogP contribution in [0.4, 0.5) is 19.0 Å². The third-order valence-electron chi connectivity index (χ3n) is 4.68. The molecule has 0 spiro atoms. The van der Waals surface area contributed by atoms with Crippen molar-refractivity contribution in [3.8, 4) is 0 Å². The van der Waals surface area contributed by atoms with Crippen LogP contribution >= 0.6 is 11.8 Å². The number of amides is 1. The van der Waals surface area contributed by atoms with E-state index < -0.39 is 23.8 Å². The molecule has 0 saturated carbocycles. The number of hydrogen-bond donors (Lipinski definition) is 1. The Kier molecular flexibility index (Phi) is 7.97. The number of aromatic nitrogens is 1. The molecule has 1 atom stereocenters. The quantitative estimate of drug-likeness (QED) is 0.686. The summed E-state index contributed by atoms with van der Waals surface area (Å²) in [6.07, 6.45) is -0.116. The van der Waals surface area contributed by atoms with Crippen molar-refractivity contribution in [3.63, 3.8) is 0 Å². The van der Waals surface area contributed by atoms with Gasteiger partial charge in [0.2, 0.25) is 5.91 Å². The van der Waals surface area contributed by atoms with Crippen LogP contribution in [-0.4, -0.2) is 55.1 Å². The molecule has 0 aliphatic carbocycles. The van der Waals surface area contributed by atoms with Crippen molar-refractivity contribution in [2.45, 2.75) is 31.5 Å². The van der Waals surface area contributed by atoms with E-state index in [-0.39, 0.29) is 11.8 Å². The van der Waals surface area contributed by atoms with Crippen molar-refractivity contribution in [1.29, 1.82) is 0 Å². The summed E-state index contributed by atoms with van der Waals surface area (Å²) in [7, 11) is 1.29. The molecule has 6 nitrogen and oxygen atoms in total. The summed E-state index contributed by atoms with van der Waals surface area (Å²) < 4.78 is 42.6. The normalized spacial score (nSPS) is 16.5. The molecule has 28 heavy (non-hydrogen) atoms. The Hall–Kier alpha value is -1.97. The second-order valence-electron chi connectivity index (χ2n) is 6.53. The lowest BCUT2D eigenvalue weighted by Crippen LogP contribution is -2.47. The number of pyridine rings is 1. The van der Waals surface area contributed by atoms with Crippen LogP contribution in [0.5, 0.6) is 0 Å². The van der Waals surface area contributed by atoms with Gasteiger partial charge in [-0.25, -0.2) is 9.78 Å². The molecule has 2 rings (SSSR count). The van der Waals surface area contributed by atoms with Gasteiger partial charge < -0.3 is 15.0 Å². The van der Waals surface area contributed by atoms with Crippen molar-refractivity contribution in [3.05, 3.63) is 23.9 Å². The van der Waals surface area contributed by atoms with E-state index in [0.29, 0.717) is 38.2 Å². The van der Waals surface area contributed by atoms with Gasteiger partial charge in [0.05, 0.1) is 12.7 Å². The van der Waals surface area contributed by atoms with E-state index in [9.17, 15) is 22.8 Å². The molecule has 0 aromatic carbocycles. The minimum atomic E-state index is -4.41. The Labute approximate surface area is 166 Å². The van der Waals surface area contributed by atoms with Crippen LogP contribution in [0.3, 0.4) is 0 Å². The summed E-state index contributed by atoms with van der Waals surface area (Å²) in [6, 6.07) is 1.69. The largest absolute Gasteiger partial charge is 0.467 e. The van der Waals surface area contributed by atoms with E-state index in [1.165, 1.54) is 13.2 Å². The molecule has 0 radical (unpaired) electrons. The highest BCUT2D eigenvalue weighted by Crippen LogP contribution is 2.30. The predicted molar refractivity (Wildman–Crippen MR) is 101 cm³/mol. The molecule has 1 aliphatic rings. The lowest BCUT2D eigenvalue weighted by atomic mass is 9.95. The summed E-state index contributed by atoms with van der Waals surface area (Å²) >= 11 is 1.58. The summed E-state index contributed by atoms with van der Waals surface area (Å²) in [6.45, 7) is 1.01. The summed E-state index contributed by atoms with van der Waals surface area (Å²) in [5.41, 5.74) is -0.787. The number of ether oxygens (including phenoxy) is 1. The number of methoxy groups -OCH3 is 1. The molecule has 1 N–H and O–H groups in total. The standard InChI is InChI=1S/C18H24F3N3O3S/c1-27-17(26)14(7-10-28-2)23-16(25)12-5-8-24(9-6-12)15-4-3-13(11-22-15)18(19,20)21/h3-4,11-12,14H,5-10H2,1-2H3,(H,23,25)/t14-/m1/s1. The highest BCUT2D eigenvalue weighted by atomic mass is 32.2. The molecule has 1 aromatic rings. The number of anilines is 1. The molecule has 0 unspecified atom stereocenters. The number of alkyl halides is 3. The molecule has 1 saturated heterocycles. The van der Waals surface area contributed by atoms with Crippen LogP contribution in [-0.2, 0) is 20.5 Å². The topological polar surface area (TPSA) is 71.5 Å². The number of nitrogens with one attached hydrogen (secondary N) is 1. The summed E-state index contributed by atoms with van der Waals surface area (Å²) in [5, 5.41) is 2.76.